The number of halogens is 1. The first-order valence-corrected chi connectivity index (χ1v) is 4.06. The van der Waals surface area contributed by atoms with Gasteiger partial charge in [-0.1, -0.05) is 4.49 Å². The molecule has 6 heteroatoms. The summed E-state index contributed by atoms with van der Waals surface area (Å²) in [5, 5.41) is 3.57. The molecule has 0 fully saturated rings. The fourth-order valence-corrected chi connectivity index (χ4v) is 1.30. The number of aromatic nitrogens is 2. The van der Waals surface area contributed by atoms with Gasteiger partial charge in [-0.25, -0.2) is 4.79 Å². The molecule has 0 aromatic carbocycles. The lowest BCUT2D eigenvalue weighted by molar-refractivity contribution is 0.0593. The van der Waals surface area contributed by atoms with Crippen molar-refractivity contribution in [3.8, 4) is 0 Å². The third-order valence-electron chi connectivity index (χ3n) is 1.06. The summed E-state index contributed by atoms with van der Waals surface area (Å²) < 4.78 is 8.01. The number of methoxy groups -OCH3 is 1. The number of esters is 1. The minimum atomic E-state index is -0.491. The third-order valence-corrected chi connectivity index (χ3v) is 2.20. The van der Waals surface area contributed by atoms with E-state index in [1.807, 2.05) is 0 Å². The molecule has 0 amide bonds. The van der Waals surface area contributed by atoms with Crippen LogP contribution in [-0.4, -0.2) is 22.7 Å². The van der Waals surface area contributed by atoms with Crippen molar-refractivity contribution in [2.24, 2.45) is 0 Å². The van der Waals surface area contributed by atoms with Gasteiger partial charge in [0.15, 0.2) is 5.69 Å². The lowest BCUT2D eigenvalue weighted by Gasteiger charge is -1.93. The third kappa shape index (κ3) is 1.66. The topological polar surface area (TPSA) is 52.1 Å². The van der Waals surface area contributed by atoms with Crippen molar-refractivity contribution in [1.82, 2.24) is 9.59 Å². The molecular weight excluding hydrogens is 188 g/mol. The van der Waals surface area contributed by atoms with E-state index in [0.717, 1.165) is 11.5 Å². The summed E-state index contributed by atoms with van der Waals surface area (Å²) in [6, 6.07) is 0. The predicted octanol–water partition coefficient (Wildman–Crippen LogP) is 1.06. The Kier molecular flexibility index (Phi) is 2.78. The summed E-state index contributed by atoms with van der Waals surface area (Å²) in [7, 11) is 1.29. The quantitative estimate of drug-likeness (QED) is 0.520. The average molecular weight is 193 g/mol. The highest BCUT2D eigenvalue weighted by atomic mass is 35.5. The number of rotatable bonds is 2. The van der Waals surface area contributed by atoms with E-state index in [-0.39, 0.29) is 11.6 Å². The Morgan fingerprint density at radius 1 is 1.82 bits per heavy atom. The molecule has 1 heterocycles. The van der Waals surface area contributed by atoms with E-state index in [4.69, 9.17) is 11.6 Å². The summed E-state index contributed by atoms with van der Waals surface area (Å²) in [5.74, 6) is -0.253. The van der Waals surface area contributed by atoms with E-state index < -0.39 is 5.97 Å². The van der Waals surface area contributed by atoms with E-state index in [9.17, 15) is 4.79 Å². The smallest absolute Gasteiger partial charge is 0.359 e. The lowest BCUT2D eigenvalue weighted by atomic mass is 10.4. The molecule has 60 valence electrons. The molecule has 0 unspecified atom stereocenters. The van der Waals surface area contributed by atoms with Crippen LogP contribution in [0.15, 0.2) is 0 Å². The van der Waals surface area contributed by atoms with Crippen LogP contribution in [0, 0.1) is 0 Å². The van der Waals surface area contributed by atoms with Crippen molar-refractivity contribution in [3.05, 3.63) is 10.6 Å². The molecule has 1 aromatic rings. The number of hydrogen-bond acceptors (Lipinski definition) is 5. The van der Waals surface area contributed by atoms with E-state index in [0.29, 0.717) is 4.88 Å². The molecule has 0 aliphatic rings. The van der Waals surface area contributed by atoms with Crippen molar-refractivity contribution >= 4 is 29.1 Å². The zero-order chi connectivity index (χ0) is 8.27. The summed E-state index contributed by atoms with van der Waals surface area (Å²) in [6.45, 7) is 0. The van der Waals surface area contributed by atoms with Gasteiger partial charge < -0.3 is 4.74 Å². The number of nitrogens with zero attached hydrogens (tertiary/aromatic N) is 2. The van der Waals surface area contributed by atoms with Crippen LogP contribution < -0.4 is 0 Å². The van der Waals surface area contributed by atoms with Crippen LogP contribution in [0.25, 0.3) is 0 Å². The van der Waals surface area contributed by atoms with E-state index in [1.54, 1.807) is 0 Å². The molecule has 0 atom stereocenters. The lowest BCUT2D eigenvalue weighted by Crippen LogP contribution is -2.03. The fourth-order valence-electron chi connectivity index (χ4n) is 0.549. The molecule has 0 saturated carbocycles. The highest BCUT2D eigenvalue weighted by Gasteiger charge is 2.15. The standard InChI is InChI=1S/C5H5ClN2O2S/c1-10-5(9)4-3(2-6)11-8-7-4/h2H2,1H3. The highest BCUT2D eigenvalue weighted by molar-refractivity contribution is 7.06. The molecule has 1 aromatic heterocycles. The zero-order valence-corrected chi connectivity index (χ0v) is 7.28. The Morgan fingerprint density at radius 3 is 3.09 bits per heavy atom. The first-order chi connectivity index (χ1) is 5.29. The molecule has 11 heavy (non-hydrogen) atoms. The monoisotopic (exact) mass is 192 g/mol. The summed E-state index contributed by atoms with van der Waals surface area (Å²) in [4.78, 5) is 11.5. The number of carbonyl (C=O) groups excluding carboxylic acids is 1. The molecule has 0 radical (unpaired) electrons. The van der Waals surface area contributed by atoms with Gasteiger partial charge in [0.1, 0.15) is 0 Å². The summed E-state index contributed by atoms with van der Waals surface area (Å²) in [5.41, 5.74) is 0.215. The zero-order valence-electron chi connectivity index (χ0n) is 5.70. The Bertz CT molecular complexity index is 263. The molecule has 0 saturated heterocycles. The van der Waals surface area contributed by atoms with Crippen LogP contribution >= 0.6 is 23.1 Å². The normalized spacial score (nSPS) is 9.64. The molecule has 0 aliphatic carbocycles. The number of carbonyl (C=O) groups is 1. The van der Waals surface area contributed by atoms with Crippen molar-refractivity contribution in [2.45, 2.75) is 5.88 Å². The molecule has 0 aliphatic heterocycles. The van der Waals surface area contributed by atoms with Crippen molar-refractivity contribution in [2.75, 3.05) is 7.11 Å². The van der Waals surface area contributed by atoms with Gasteiger partial charge in [0.05, 0.1) is 17.9 Å². The number of ether oxygens (including phenoxy) is 1. The van der Waals surface area contributed by atoms with E-state index >= 15 is 0 Å². The molecule has 1 rings (SSSR count). The van der Waals surface area contributed by atoms with Gasteiger partial charge in [-0.15, -0.1) is 16.7 Å². The van der Waals surface area contributed by atoms with Gasteiger partial charge in [-0.2, -0.15) is 0 Å². The van der Waals surface area contributed by atoms with Gasteiger partial charge in [-0.05, 0) is 11.5 Å². The van der Waals surface area contributed by atoms with Gasteiger partial charge in [-0.3, -0.25) is 0 Å². The molecule has 0 bridgehead atoms. The van der Waals surface area contributed by atoms with Crippen molar-refractivity contribution in [3.63, 3.8) is 0 Å². The van der Waals surface area contributed by atoms with Crippen LogP contribution in [0.2, 0.25) is 0 Å². The average Bonchev–Trinajstić information content (AvgIpc) is 2.50. The van der Waals surface area contributed by atoms with Gasteiger partial charge >= 0.3 is 5.97 Å². The highest BCUT2D eigenvalue weighted by Crippen LogP contribution is 2.13. The van der Waals surface area contributed by atoms with Gasteiger partial charge in [0.25, 0.3) is 0 Å². The van der Waals surface area contributed by atoms with Crippen LogP contribution in [0.1, 0.15) is 15.4 Å². The molecular formula is C5H5ClN2O2S. The second-order valence-corrected chi connectivity index (χ2v) is 2.78. The van der Waals surface area contributed by atoms with Crippen LogP contribution in [0.3, 0.4) is 0 Å². The van der Waals surface area contributed by atoms with Crippen LogP contribution in [0.5, 0.6) is 0 Å². The molecule has 0 spiro atoms. The van der Waals surface area contributed by atoms with Gasteiger partial charge in [0, 0.05) is 0 Å². The molecule has 4 nitrogen and oxygen atoms in total. The number of alkyl halides is 1. The minimum absolute atomic E-state index is 0.215. The Hall–Kier alpha value is -0.680. The summed E-state index contributed by atoms with van der Waals surface area (Å²) >= 11 is 6.60. The fraction of sp³-hybridized carbons (Fsp3) is 0.400. The second kappa shape index (κ2) is 3.64. The first kappa shape index (κ1) is 8.42. The van der Waals surface area contributed by atoms with Gasteiger partial charge in [0.2, 0.25) is 0 Å². The largest absolute Gasteiger partial charge is 0.464 e. The van der Waals surface area contributed by atoms with Crippen LogP contribution in [-0.2, 0) is 10.6 Å². The maximum atomic E-state index is 10.9. The first-order valence-electron chi connectivity index (χ1n) is 2.75. The van der Waals surface area contributed by atoms with E-state index in [2.05, 4.69) is 14.3 Å². The Labute approximate surface area is 72.3 Å². The maximum Gasteiger partial charge on any atom is 0.359 e. The summed E-state index contributed by atoms with van der Waals surface area (Å²) in [6.07, 6.45) is 0. The SMILES string of the molecule is COC(=O)c1nnsc1CCl. The Morgan fingerprint density at radius 2 is 2.55 bits per heavy atom. The second-order valence-electron chi connectivity index (χ2n) is 1.67. The van der Waals surface area contributed by atoms with Crippen LogP contribution in [0.4, 0.5) is 0 Å². The van der Waals surface area contributed by atoms with E-state index in [1.165, 1.54) is 7.11 Å². The number of hydrogen-bond donors (Lipinski definition) is 0. The predicted molar refractivity (Wildman–Crippen MR) is 40.8 cm³/mol. The Balaban J connectivity index is 2.92. The maximum absolute atomic E-state index is 10.9. The van der Waals surface area contributed by atoms with Crippen molar-refractivity contribution < 1.29 is 9.53 Å². The van der Waals surface area contributed by atoms with Crippen molar-refractivity contribution in [1.29, 1.82) is 0 Å². The minimum Gasteiger partial charge on any atom is -0.464 e. The molecule has 0 N–H and O–H groups in total.